The fraction of sp³-hybridized carbons (Fsp3) is 0.194. The van der Waals surface area contributed by atoms with Gasteiger partial charge in [-0.2, -0.15) is 5.26 Å². The lowest BCUT2D eigenvalue weighted by molar-refractivity contribution is -0.113. The zero-order valence-electron chi connectivity index (χ0n) is 21.0. The number of carbonyl (C=O) groups is 1. The number of carbonyl (C=O) groups excluding carboxylic acids is 1. The van der Waals surface area contributed by atoms with Gasteiger partial charge < -0.3 is 5.32 Å². The maximum Gasteiger partial charge on any atom is 0.234 e. The Kier molecular flexibility index (Phi) is 7.57. The van der Waals surface area contributed by atoms with E-state index >= 15 is 0 Å². The van der Waals surface area contributed by atoms with Gasteiger partial charge in [0.15, 0.2) is 0 Å². The first-order chi connectivity index (χ1) is 17.2. The summed E-state index contributed by atoms with van der Waals surface area (Å²) in [4.78, 5) is 17.5. The Morgan fingerprint density at radius 3 is 2.22 bits per heavy atom. The first-order valence-electron chi connectivity index (χ1n) is 11.9. The van der Waals surface area contributed by atoms with Gasteiger partial charge in [-0.25, -0.2) is 4.98 Å². The number of thioether (sulfide) groups is 1. The van der Waals surface area contributed by atoms with Crippen molar-refractivity contribution in [1.29, 1.82) is 5.26 Å². The molecule has 1 N–H and O–H groups in total. The highest BCUT2D eigenvalue weighted by Gasteiger charge is 2.18. The zero-order chi connectivity index (χ0) is 25.7. The molecule has 3 aromatic carbocycles. The van der Waals surface area contributed by atoms with Crippen LogP contribution in [0.2, 0.25) is 0 Å². The molecule has 0 aliphatic carbocycles. The van der Waals surface area contributed by atoms with Crippen LogP contribution >= 0.6 is 11.8 Å². The molecule has 1 amide bonds. The van der Waals surface area contributed by atoms with Crippen LogP contribution in [-0.4, -0.2) is 16.6 Å². The van der Waals surface area contributed by atoms with Crippen LogP contribution in [0.5, 0.6) is 0 Å². The van der Waals surface area contributed by atoms with Crippen molar-refractivity contribution in [2.45, 2.75) is 38.1 Å². The third-order valence-corrected chi connectivity index (χ3v) is 6.88. The Balaban J connectivity index is 1.69. The van der Waals surface area contributed by atoms with Gasteiger partial charge in [0.2, 0.25) is 5.91 Å². The molecule has 0 aliphatic rings. The van der Waals surface area contributed by atoms with Crippen molar-refractivity contribution in [2.75, 3.05) is 11.1 Å². The van der Waals surface area contributed by atoms with Crippen molar-refractivity contribution < 1.29 is 4.79 Å². The lowest BCUT2D eigenvalue weighted by atomic mass is 9.86. The second kappa shape index (κ2) is 10.8. The van der Waals surface area contributed by atoms with Crippen LogP contribution in [0.15, 0.2) is 90.0 Å². The molecule has 36 heavy (non-hydrogen) atoms. The number of hydrogen-bond acceptors (Lipinski definition) is 4. The van der Waals surface area contributed by atoms with E-state index in [1.807, 2.05) is 67.6 Å². The van der Waals surface area contributed by atoms with E-state index in [2.05, 4.69) is 56.4 Å². The SMILES string of the molecule is Cc1ccc(NC(=O)CSc2nc(-c3ccccc3)cc(-c3ccc(C(C)(C)C)cc3)c2C#N)cc1. The number of anilines is 1. The third kappa shape index (κ3) is 6.02. The quantitative estimate of drug-likeness (QED) is 0.282. The predicted molar refractivity (Wildman–Crippen MR) is 149 cm³/mol. The summed E-state index contributed by atoms with van der Waals surface area (Å²) >= 11 is 1.28. The van der Waals surface area contributed by atoms with E-state index in [-0.39, 0.29) is 17.1 Å². The largest absolute Gasteiger partial charge is 0.325 e. The molecule has 1 aromatic heterocycles. The minimum atomic E-state index is -0.143. The molecule has 0 fully saturated rings. The first kappa shape index (κ1) is 25.2. The number of hydrogen-bond donors (Lipinski definition) is 1. The number of amides is 1. The molecule has 0 bridgehead atoms. The lowest BCUT2D eigenvalue weighted by Gasteiger charge is -2.19. The monoisotopic (exact) mass is 491 g/mol. The van der Waals surface area contributed by atoms with Crippen LogP contribution in [0.4, 0.5) is 5.69 Å². The summed E-state index contributed by atoms with van der Waals surface area (Å²) in [5.41, 5.74) is 7.11. The van der Waals surface area contributed by atoms with E-state index in [0.717, 1.165) is 33.6 Å². The van der Waals surface area contributed by atoms with Gasteiger partial charge in [-0.15, -0.1) is 0 Å². The molecule has 0 saturated heterocycles. The average Bonchev–Trinajstić information content (AvgIpc) is 2.88. The summed E-state index contributed by atoms with van der Waals surface area (Å²) < 4.78 is 0. The van der Waals surface area contributed by atoms with E-state index in [9.17, 15) is 10.1 Å². The van der Waals surface area contributed by atoms with Crippen molar-refractivity contribution in [2.24, 2.45) is 0 Å². The summed E-state index contributed by atoms with van der Waals surface area (Å²) in [7, 11) is 0. The number of rotatable bonds is 6. The molecule has 1 heterocycles. The minimum Gasteiger partial charge on any atom is -0.325 e. The predicted octanol–water partition coefficient (Wildman–Crippen LogP) is 7.62. The molecular weight excluding hydrogens is 462 g/mol. The van der Waals surface area contributed by atoms with Gasteiger partial charge in [-0.05, 0) is 41.7 Å². The number of aromatic nitrogens is 1. The van der Waals surface area contributed by atoms with Crippen LogP contribution in [0.1, 0.15) is 37.5 Å². The van der Waals surface area contributed by atoms with E-state index in [4.69, 9.17) is 4.98 Å². The van der Waals surface area contributed by atoms with E-state index in [1.54, 1.807) is 0 Å². The number of nitriles is 1. The highest BCUT2D eigenvalue weighted by Crippen LogP contribution is 2.35. The zero-order valence-corrected chi connectivity index (χ0v) is 21.8. The standard InChI is InChI=1S/C31H29N3OS/c1-21-10-16-25(17-11-21)33-29(35)20-36-30-27(19-32)26(18-28(34-30)23-8-6-5-7-9-23)22-12-14-24(15-13-22)31(2,3)4/h5-18H,20H2,1-4H3,(H,33,35). The number of pyridine rings is 1. The number of aryl methyl sites for hydroxylation is 1. The fourth-order valence-electron chi connectivity index (χ4n) is 3.84. The molecule has 0 atom stereocenters. The van der Waals surface area contributed by atoms with Gasteiger partial charge in [-0.1, -0.05) is 105 Å². The van der Waals surface area contributed by atoms with E-state index in [1.165, 1.54) is 17.3 Å². The fourth-order valence-corrected chi connectivity index (χ4v) is 4.64. The smallest absolute Gasteiger partial charge is 0.234 e. The van der Waals surface area contributed by atoms with Crippen molar-refractivity contribution in [3.8, 4) is 28.5 Å². The van der Waals surface area contributed by atoms with Crippen LogP contribution in [0, 0.1) is 18.3 Å². The van der Waals surface area contributed by atoms with Crippen molar-refractivity contribution >= 4 is 23.4 Å². The topological polar surface area (TPSA) is 65.8 Å². The van der Waals surface area contributed by atoms with E-state index < -0.39 is 0 Å². The summed E-state index contributed by atoms with van der Waals surface area (Å²) in [5, 5.41) is 13.6. The maximum absolute atomic E-state index is 12.7. The van der Waals surface area contributed by atoms with Gasteiger partial charge in [-0.3, -0.25) is 4.79 Å². The van der Waals surface area contributed by atoms with Crippen LogP contribution < -0.4 is 5.32 Å². The maximum atomic E-state index is 12.7. The molecule has 0 aliphatic heterocycles. The molecule has 0 unspecified atom stereocenters. The molecule has 180 valence electrons. The van der Waals surface area contributed by atoms with Crippen LogP contribution in [0.3, 0.4) is 0 Å². The van der Waals surface area contributed by atoms with Crippen molar-refractivity contribution in [3.63, 3.8) is 0 Å². The second-order valence-corrected chi connectivity index (χ2v) is 10.7. The summed E-state index contributed by atoms with van der Waals surface area (Å²) in [6, 6.07) is 30.2. The van der Waals surface area contributed by atoms with Crippen LogP contribution in [0.25, 0.3) is 22.4 Å². The Morgan fingerprint density at radius 1 is 0.944 bits per heavy atom. The Morgan fingerprint density at radius 2 is 1.61 bits per heavy atom. The van der Waals surface area contributed by atoms with Crippen molar-refractivity contribution in [3.05, 3.63) is 102 Å². The van der Waals surface area contributed by atoms with Gasteiger partial charge in [0, 0.05) is 16.8 Å². The highest BCUT2D eigenvalue weighted by molar-refractivity contribution is 8.00. The highest BCUT2D eigenvalue weighted by atomic mass is 32.2. The average molecular weight is 492 g/mol. The molecule has 4 nitrogen and oxygen atoms in total. The molecule has 4 rings (SSSR count). The molecule has 0 radical (unpaired) electrons. The van der Waals surface area contributed by atoms with Crippen molar-refractivity contribution in [1.82, 2.24) is 4.98 Å². The summed E-state index contributed by atoms with van der Waals surface area (Å²) in [6.07, 6.45) is 0. The minimum absolute atomic E-state index is 0.0376. The van der Waals surface area contributed by atoms with Gasteiger partial charge >= 0.3 is 0 Å². The number of nitrogens with one attached hydrogen (secondary N) is 1. The number of nitrogens with zero attached hydrogens (tertiary/aromatic N) is 2. The molecule has 5 heteroatoms. The Labute approximate surface area is 217 Å². The van der Waals surface area contributed by atoms with Gasteiger partial charge in [0.05, 0.1) is 17.0 Å². The summed E-state index contributed by atoms with van der Waals surface area (Å²) in [6.45, 7) is 8.54. The summed E-state index contributed by atoms with van der Waals surface area (Å²) in [5.74, 6) is 0.00617. The molecule has 4 aromatic rings. The first-order valence-corrected chi connectivity index (χ1v) is 12.8. The normalized spacial score (nSPS) is 11.1. The Bertz CT molecular complexity index is 1400. The third-order valence-electron chi connectivity index (χ3n) is 5.90. The molecule has 0 spiro atoms. The van der Waals surface area contributed by atoms with Gasteiger partial charge in [0.1, 0.15) is 11.1 Å². The molecular formula is C31H29N3OS. The van der Waals surface area contributed by atoms with Gasteiger partial charge in [0.25, 0.3) is 0 Å². The number of benzene rings is 3. The molecule has 0 saturated carbocycles. The van der Waals surface area contributed by atoms with E-state index in [0.29, 0.717) is 10.6 Å². The van der Waals surface area contributed by atoms with Crippen LogP contribution in [-0.2, 0) is 10.2 Å². The second-order valence-electron chi connectivity index (χ2n) is 9.74. The lowest BCUT2D eigenvalue weighted by Crippen LogP contribution is -2.14. The Hall–Kier alpha value is -3.88.